The second kappa shape index (κ2) is 5.21. The fourth-order valence-electron chi connectivity index (χ4n) is 2.33. The lowest BCUT2D eigenvalue weighted by atomic mass is 10.1. The van der Waals surface area contributed by atoms with Crippen LogP contribution in [0.5, 0.6) is 5.75 Å². The molecule has 0 unspecified atom stereocenters. The van der Waals surface area contributed by atoms with E-state index in [-0.39, 0.29) is 11.7 Å². The van der Waals surface area contributed by atoms with Gasteiger partial charge in [0.1, 0.15) is 5.75 Å². The third-order valence-electron chi connectivity index (χ3n) is 3.33. The molecular weight excluding hydrogens is 214 g/mol. The van der Waals surface area contributed by atoms with Crippen molar-refractivity contribution in [3.8, 4) is 5.75 Å². The first kappa shape index (κ1) is 12.0. The lowest BCUT2D eigenvalue weighted by molar-refractivity contribution is 0.0761. The predicted octanol–water partition coefficient (Wildman–Crippen LogP) is 2.72. The minimum atomic E-state index is 0.101. The van der Waals surface area contributed by atoms with Crippen molar-refractivity contribution in [2.45, 2.75) is 32.6 Å². The zero-order valence-corrected chi connectivity index (χ0v) is 10.3. The van der Waals surface area contributed by atoms with Crippen LogP contribution in [0.4, 0.5) is 0 Å². The minimum Gasteiger partial charge on any atom is -0.508 e. The van der Waals surface area contributed by atoms with E-state index in [0.717, 1.165) is 31.5 Å². The van der Waals surface area contributed by atoms with Crippen LogP contribution in [0.3, 0.4) is 0 Å². The second-order valence-electron chi connectivity index (χ2n) is 4.71. The van der Waals surface area contributed by atoms with Crippen molar-refractivity contribution in [2.24, 2.45) is 0 Å². The van der Waals surface area contributed by atoms with Crippen LogP contribution in [0.2, 0.25) is 0 Å². The Morgan fingerprint density at radius 3 is 2.41 bits per heavy atom. The number of hydrogen-bond acceptors (Lipinski definition) is 2. The van der Waals surface area contributed by atoms with E-state index in [1.807, 2.05) is 11.8 Å². The highest BCUT2D eigenvalue weighted by atomic mass is 16.3. The number of rotatable bonds is 1. The molecule has 1 amide bonds. The van der Waals surface area contributed by atoms with Gasteiger partial charge in [-0.1, -0.05) is 12.8 Å². The zero-order valence-electron chi connectivity index (χ0n) is 10.3. The van der Waals surface area contributed by atoms with E-state index < -0.39 is 0 Å². The van der Waals surface area contributed by atoms with E-state index in [1.165, 1.54) is 12.8 Å². The Balaban J connectivity index is 2.17. The Hall–Kier alpha value is -1.51. The predicted molar refractivity (Wildman–Crippen MR) is 67.2 cm³/mol. The summed E-state index contributed by atoms with van der Waals surface area (Å²) in [6.07, 6.45) is 4.64. The van der Waals surface area contributed by atoms with Crippen molar-refractivity contribution in [1.82, 2.24) is 4.90 Å². The molecule has 0 saturated carbocycles. The van der Waals surface area contributed by atoms with Crippen LogP contribution in [0.1, 0.15) is 41.6 Å². The van der Waals surface area contributed by atoms with Crippen molar-refractivity contribution in [3.63, 3.8) is 0 Å². The van der Waals surface area contributed by atoms with Gasteiger partial charge in [-0.3, -0.25) is 4.79 Å². The van der Waals surface area contributed by atoms with Crippen LogP contribution in [0, 0.1) is 6.92 Å². The van der Waals surface area contributed by atoms with Gasteiger partial charge >= 0.3 is 0 Å². The van der Waals surface area contributed by atoms with E-state index in [9.17, 15) is 9.90 Å². The Kier molecular flexibility index (Phi) is 3.67. The fraction of sp³-hybridized carbons (Fsp3) is 0.500. The SMILES string of the molecule is Cc1cc(O)ccc1C(=O)N1CCCCCC1. The summed E-state index contributed by atoms with van der Waals surface area (Å²) in [5.74, 6) is 0.319. The van der Waals surface area contributed by atoms with Crippen molar-refractivity contribution >= 4 is 5.91 Å². The summed E-state index contributed by atoms with van der Waals surface area (Å²) in [5, 5.41) is 9.35. The average Bonchev–Trinajstić information content (AvgIpc) is 2.56. The number of phenolic OH excluding ortho intramolecular Hbond substituents is 1. The number of likely N-dealkylation sites (tertiary alicyclic amines) is 1. The average molecular weight is 233 g/mol. The van der Waals surface area contributed by atoms with Gasteiger partial charge in [-0.05, 0) is 43.5 Å². The highest BCUT2D eigenvalue weighted by molar-refractivity contribution is 5.95. The van der Waals surface area contributed by atoms with Crippen LogP contribution in [-0.4, -0.2) is 29.0 Å². The molecule has 0 aromatic heterocycles. The van der Waals surface area contributed by atoms with Gasteiger partial charge in [0.15, 0.2) is 0 Å². The van der Waals surface area contributed by atoms with Gasteiger partial charge in [-0.15, -0.1) is 0 Å². The Bertz CT molecular complexity index is 407. The maximum absolute atomic E-state index is 12.3. The maximum atomic E-state index is 12.3. The van der Waals surface area contributed by atoms with Gasteiger partial charge in [0, 0.05) is 18.7 Å². The van der Waals surface area contributed by atoms with Crippen LogP contribution >= 0.6 is 0 Å². The molecule has 1 heterocycles. The summed E-state index contributed by atoms with van der Waals surface area (Å²) in [4.78, 5) is 14.3. The van der Waals surface area contributed by atoms with Gasteiger partial charge in [0.2, 0.25) is 0 Å². The molecule has 0 bridgehead atoms. The molecule has 1 aliphatic heterocycles. The number of benzene rings is 1. The molecule has 0 spiro atoms. The highest BCUT2D eigenvalue weighted by Gasteiger charge is 2.18. The molecule has 1 aromatic carbocycles. The molecule has 2 rings (SSSR count). The number of carbonyl (C=O) groups excluding carboxylic acids is 1. The number of amides is 1. The summed E-state index contributed by atoms with van der Waals surface area (Å²) >= 11 is 0. The van der Waals surface area contributed by atoms with Crippen LogP contribution in [0.15, 0.2) is 18.2 Å². The van der Waals surface area contributed by atoms with Gasteiger partial charge < -0.3 is 10.0 Å². The zero-order chi connectivity index (χ0) is 12.3. The molecule has 1 saturated heterocycles. The Labute approximate surface area is 102 Å². The topological polar surface area (TPSA) is 40.5 Å². The molecule has 3 nitrogen and oxygen atoms in total. The van der Waals surface area contributed by atoms with E-state index in [2.05, 4.69) is 0 Å². The molecule has 0 aliphatic carbocycles. The fourth-order valence-corrected chi connectivity index (χ4v) is 2.33. The van der Waals surface area contributed by atoms with Crippen molar-refractivity contribution in [3.05, 3.63) is 29.3 Å². The summed E-state index contributed by atoms with van der Waals surface area (Å²) in [5.41, 5.74) is 1.56. The number of aryl methyl sites for hydroxylation is 1. The quantitative estimate of drug-likeness (QED) is 0.810. The molecule has 1 N–H and O–H groups in total. The number of aromatic hydroxyl groups is 1. The number of hydrogen-bond donors (Lipinski definition) is 1. The van der Waals surface area contributed by atoms with Crippen LogP contribution < -0.4 is 0 Å². The normalized spacial score (nSPS) is 16.6. The van der Waals surface area contributed by atoms with E-state index in [0.29, 0.717) is 5.56 Å². The Morgan fingerprint density at radius 1 is 1.18 bits per heavy atom. The first-order valence-electron chi connectivity index (χ1n) is 6.27. The summed E-state index contributed by atoms with van der Waals surface area (Å²) in [6, 6.07) is 4.95. The van der Waals surface area contributed by atoms with E-state index >= 15 is 0 Å². The highest BCUT2D eigenvalue weighted by Crippen LogP contribution is 2.19. The number of phenols is 1. The van der Waals surface area contributed by atoms with Gasteiger partial charge in [0.05, 0.1) is 0 Å². The Morgan fingerprint density at radius 2 is 1.82 bits per heavy atom. The number of carbonyl (C=O) groups is 1. The molecule has 1 fully saturated rings. The molecule has 1 aromatic rings. The summed E-state index contributed by atoms with van der Waals surface area (Å²) < 4.78 is 0. The van der Waals surface area contributed by atoms with Crippen molar-refractivity contribution in [1.29, 1.82) is 0 Å². The van der Waals surface area contributed by atoms with Crippen LogP contribution in [-0.2, 0) is 0 Å². The largest absolute Gasteiger partial charge is 0.508 e. The lowest BCUT2D eigenvalue weighted by Gasteiger charge is -2.21. The first-order valence-corrected chi connectivity index (χ1v) is 6.27. The van der Waals surface area contributed by atoms with E-state index in [1.54, 1.807) is 18.2 Å². The lowest BCUT2D eigenvalue weighted by Crippen LogP contribution is -2.32. The first-order chi connectivity index (χ1) is 8.18. The molecular formula is C14H19NO2. The smallest absolute Gasteiger partial charge is 0.254 e. The maximum Gasteiger partial charge on any atom is 0.254 e. The molecule has 0 radical (unpaired) electrons. The number of nitrogens with zero attached hydrogens (tertiary/aromatic N) is 1. The molecule has 17 heavy (non-hydrogen) atoms. The standard InChI is InChI=1S/C14H19NO2/c1-11-10-12(16)6-7-13(11)14(17)15-8-4-2-3-5-9-15/h6-7,10,16H,2-5,8-9H2,1H3. The van der Waals surface area contributed by atoms with Crippen LogP contribution in [0.25, 0.3) is 0 Å². The second-order valence-corrected chi connectivity index (χ2v) is 4.71. The molecule has 0 atom stereocenters. The van der Waals surface area contributed by atoms with Crippen molar-refractivity contribution < 1.29 is 9.90 Å². The monoisotopic (exact) mass is 233 g/mol. The van der Waals surface area contributed by atoms with Crippen molar-refractivity contribution in [2.75, 3.05) is 13.1 Å². The molecule has 3 heteroatoms. The van der Waals surface area contributed by atoms with E-state index in [4.69, 9.17) is 0 Å². The van der Waals surface area contributed by atoms with Gasteiger partial charge in [-0.2, -0.15) is 0 Å². The summed E-state index contributed by atoms with van der Waals surface area (Å²) in [7, 11) is 0. The third kappa shape index (κ3) is 2.78. The van der Waals surface area contributed by atoms with Gasteiger partial charge in [-0.25, -0.2) is 0 Å². The third-order valence-corrected chi connectivity index (χ3v) is 3.33. The minimum absolute atomic E-state index is 0.101. The molecule has 92 valence electrons. The van der Waals surface area contributed by atoms with Gasteiger partial charge in [0.25, 0.3) is 5.91 Å². The summed E-state index contributed by atoms with van der Waals surface area (Å²) in [6.45, 7) is 3.59. The molecule has 1 aliphatic rings.